The van der Waals surface area contributed by atoms with Crippen LogP contribution in [0.4, 0.5) is 0 Å². The van der Waals surface area contributed by atoms with E-state index in [0.29, 0.717) is 32.5 Å². The number of sulfonamides is 1. The molecule has 2 atom stereocenters. The highest BCUT2D eigenvalue weighted by Gasteiger charge is 2.38. The lowest BCUT2D eigenvalue weighted by atomic mass is 9.99. The van der Waals surface area contributed by atoms with E-state index in [0.717, 1.165) is 0 Å². The molecule has 2 amide bonds. The van der Waals surface area contributed by atoms with Crippen LogP contribution in [0.15, 0.2) is 0 Å². The minimum Gasteiger partial charge on any atom is -0.355 e. The number of hydrogen-bond donors (Lipinski definition) is 2. The highest BCUT2D eigenvalue weighted by molar-refractivity contribution is 7.90. The van der Waals surface area contributed by atoms with Gasteiger partial charge >= 0.3 is 0 Å². The Hall–Kier alpha value is -0.900. The number of rotatable bonds is 6. The summed E-state index contributed by atoms with van der Waals surface area (Å²) in [5.41, 5.74) is 5.34. The first-order valence-electron chi connectivity index (χ1n) is 7.39. The van der Waals surface area contributed by atoms with Crippen molar-refractivity contribution < 1.29 is 18.0 Å². The number of nitrogens with one attached hydrogen (secondary N) is 1. The SMILES string of the molecule is CC(C(=O)N(C)C)S(=O)(=O)N1CCCC(C(=O)NCCN)C1.Cl. The van der Waals surface area contributed by atoms with Crippen molar-refractivity contribution in [1.29, 1.82) is 0 Å². The third kappa shape index (κ3) is 5.59. The topological polar surface area (TPSA) is 113 Å². The maximum atomic E-state index is 12.5. The molecule has 10 heteroatoms. The molecule has 3 N–H and O–H groups in total. The molecule has 23 heavy (non-hydrogen) atoms. The van der Waals surface area contributed by atoms with Gasteiger partial charge in [-0.05, 0) is 19.8 Å². The minimum atomic E-state index is -3.76. The Morgan fingerprint density at radius 1 is 1.39 bits per heavy atom. The van der Waals surface area contributed by atoms with Crippen LogP contribution in [0.3, 0.4) is 0 Å². The first kappa shape index (κ1) is 22.1. The number of nitrogens with two attached hydrogens (primary N) is 1. The smallest absolute Gasteiger partial charge is 0.241 e. The largest absolute Gasteiger partial charge is 0.355 e. The number of amides is 2. The summed E-state index contributed by atoms with van der Waals surface area (Å²) in [6.07, 6.45) is 1.24. The second kappa shape index (κ2) is 9.41. The van der Waals surface area contributed by atoms with E-state index >= 15 is 0 Å². The van der Waals surface area contributed by atoms with Gasteiger partial charge in [-0.25, -0.2) is 12.7 Å². The van der Waals surface area contributed by atoms with Crippen LogP contribution in [0.25, 0.3) is 0 Å². The van der Waals surface area contributed by atoms with Crippen LogP contribution in [-0.2, 0) is 19.6 Å². The fraction of sp³-hybridized carbons (Fsp3) is 0.846. The molecule has 0 aromatic carbocycles. The van der Waals surface area contributed by atoms with Crippen LogP contribution in [-0.4, -0.2) is 75.0 Å². The number of nitrogens with zero attached hydrogens (tertiary/aromatic N) is 2. The Labute approximate surface area is 144 Å². The van der Waals surface area contributed by atoms with Gasteiger partial charge in [0.05, 0.1) is 5.92 Å². The van der Waals surface area contributed by atoms with Gasteiger partial charge in [0.1, 0.15) is 0 Å². The number of carbonyl (C=O) groups is 2. The van der Waals surface area contributed by atoms with Crippen molar-refractivity contribution in [3.8, 4) is 0 Å². The van der Waals surface area contributed by atoms with Gasteiger partial charge in [-0.3, -0.25) is 9.59 Å². The van der Waals surface area contributed by atoms with Gasteiger partial charge in [-0.2, -0.15) is 0 Å². The minimum absolute atomic E-state index is 0. The van der Waals surface area contributed by atoms with E-state index in [1.165, 1.54) is 30.2 Å². The molecule has 0 radical (unpaired) electrons. The molecule has 0 spiro atoms. The fourth-order valence-corrected chi connectivity index (χ4v) is 4.13. The number of piperidine rings is 1. The van der Waals surface area contributed by atoms with Crippen molar-refractivity contribution in [3.05, 3.63) is 0 Å². The van der Waals surface area contributed by atoms with E-state index < -0.39 is 27.1 Å². The van der Waals surface area contributed by atoms with Crippen molar-refractivity contribution in [2.45, 2.75) is 25.0 Å². The normalized spacial score (nSPS) is 20.3. The van der Waals surface area contributed by atoms with Crippen molar-refractivity contribution in [2.75, 3.05) is 40.3 Å². The summed E-state index contributed by atoms with van der Waals surface area (Å²) in [5, 5.41) is 1.54. The molecule has 0 saturated carbocycles. The molecule has 1 aliphatic heterocycles. The first-order valence-corrected chi connectivity index (χ1v) is 8.90. The second-order valence-electron chi connectivity index (χ2n) is 5.70. The molecule has 1 fully saturated rings. The lowest BCUT2D eigenvalue weighted by molar-refractivity contribution is -0.128. The third-order valence-electron chi connectivity index (χ3n) is 3.79. The third-order valence-corrected chi connectivity index (χ3v) is 5.94. The summed E-state index contributed by atoms with van der Waals surface area (Å²) >= 11 is 0. The van der Waals surface area contributed by atoms with Crippen molar-refractivity contribution in [2.24, 2.45) is 11.7 Å². The summed E-state index contributed by atoms with van der Waals surface area (Å²) in [5.74, 6) is -1.04. The highest BCUT2D eigenvalue weighted by atomic mass is 35.5. The standard InChI is InChI=1S/C13H26N4O4S.ClH/c1-10(13(19)16(2)3)22(20,21)17-8-4-5-11(9-17)12(18)15-7-6-14;/h10-11H,4-9,14H2,1-3H3,(H,15,18);1H. The summed E-state index contributed by atoms with van der Waals surface area (Å²) in [6.45, 7) is 2.56. The predicted molar refractivity (Wildman–Crippen MR) is 90.7 cm³/mol. The maximum absolute atomic E-state index is 12.5. The van der Waals surface area contributed by atoms with Gasteiger partial charge in [0.2, 0.25) is 21.8 Å². The van der Waals surface area contributed by atoms with Crippen LogP contribution in [0.2, 0.25) is 0 Å². The van der Waals surface area contributed by atoms with Crippen LogP contribution in [0, 0.1) is 5.92 Å². The van der Waals surface area contributed by atoms with Crippen molar-refractivity contribution in [3.63, 3.8) is 0 Å². The Kier molecular flexibility index (Phi) is 9.04. The summed E-state index contributed by atoms with van der Waals surface area (Å²) in [4.78, 5) is 25.2. The molecule has 0 aromatic heterocycles. The first-order chi connectivity index (χ1) is 10.2. The quantitative estimate of drug-likeness (QED) is 0.622. The van der Waals surface area contributed by atoms with Gasteiger partial charge < -0.3 is 16.0 Å². The van der Waals surface area contributed by atoms with E-state index in [1.54, 1.807) is 0 Å². The van der Waals surface area contributed by atoms with E-state index in [1.807, 2.05) is 0 Å². The van der Waals surface area contributed by atoms with Crippen molar-refractivity contribution in [1.82, 2.24) is 14.5 Å². The van der Waals surface area contributed by atoms with Gasteiger partial charge in [0, 0.05) is 40.3 Å². The second-order valence-corrected chi connectivity index (χ2v) is 7.95. The molecular weight excluding hydrogens is 344 g/mol. The Morgan fingerprint density at radius 2 is 2.00 bits per heavy atom. The Balaban J connectivity index is 0.00000484. The van der Waals surface area contributed by atoms with Gasteiger partial charge in [-0.15, -0.1) is 12.4 Å². The lowest BCUT2D eigenvalue weighted by Gasteiger charge is -2.33. The summed E-state index contributed by atoms with van der Waals surface area (Å²) in [6, 6.07) is 0. The molecule has 1 heterocycles. The average Bonchev–Trinajstić information content (AvgIpc) is 2.50. The molecule has 1 saturated heterocycles. The fourth-order valence-electron chi connectivity index (χ4n) is 2.44. The molecule has 136 valence electrons. The molecule has 0 bridgehead atoms. The molecule has 8 nitrogen and oxygen atoms in total. The molecular formula is C13H27ClN4O4S. The zero-order valence-corrected chi connectivity index (χ0v) is 15.5. The predicted octanol–water partition coefficient (Wildman–Crippen LogP) is -0.998. The Bertz CT molecular complexity index is 512. The van der Waals surface area contributed by atoms with E-state index in [2.05, 4.69) is 5.32 Å². The molecule has 0 aliphatic carbocycles. The van der Waals surface area contributed by atoms with Gasteiger partial charge in [-0.1, -0.05) is 0 Å². The van der Waals surface area contributed by atoms with Gasteiger partial charge in [0.15, 0.2) is 5.25 Å². The zero-order chi connectivity index (χ0) is 16.9. The molecule has 1 aliphatic rings. The van der Waals surface area contributed by atoms with Crippen LogP contribution in [0.5, 0.6) is 0 Å². The van der Waals surface area contributed by atoms with Crippen molar-refractivity contribution >= 4 is 34.2 Å². The molecule has 2 unspecified atom stereocenters. The number of carbonyl (C=O) groups excluding carboxylic acids is 2. The van der Waals surface area contributed by atoms with E-state index in [9.17, 15) is 18.0 Å². The summed E-state index contributed by atoms with van der Waals surface area (Å²) in [7, 11) is -0.713. The summed E-state index contributed by atoms with van der Waals surface area (Å²) < 4.78 is 26.3. The monoisotopic (exact) mass is 370 g/mol. The molecule has 0 aromatic rings. The van der Waals surface area contributed by atoms with E-state index in [4.69, 9.17) is 5.73 Å². The van der Waals surface area contributed by atoms with Crippen LogP contribution >= 0.6 is 12.4 Å². The van der Waals surface area contributed by atoms with Crippen LogP contribution in [0.1, 0.15) is 19.8 Å². The zero-order valence-electron chi connectivity index (χ0n) is 13.8. The molecule has 1 rings (SSSR count). The van der Waals surface area contributed by atoms with Gasteiger partial charge in [0.25, 0.3) is 0 Å². The average molecular weight is 371 g/mol. The van der Waals surface area contributed by atoms with E-state index in [-0.39, 0.29) is 24.9 Å². The maximum Gasteiger partial charge on any atom is 0.241 e. The number of halogens is 1. The number of hydrogen-bond acceptors (Lipinski definition) is 5. The lowest BCUT2D eigenvalue weighted by Crippen LogP contribution is -2.51. The van der Waals surface area contributed by atoms with Crippen LogP contribution < -0.4 is 11.1 Å². The highest BCUT2D eigenvalue weighted by Crippen LogP contribution is 2.22. The Morgan fingerprint density at radius 3 is 2.52 bits per heavy atom.